The molecule has 1 aromatic rings. The molecule has 1 unspecified atom stereocenters. The lowest BCUT2D eigenvalue weighted by molar-refractivity contribution is -0.923. The Labute approximate surface area is 355 Å². The maximum atomic E-state index is 2.55. The lowest BCUT2D eigenvalue weighted by Gasteiger charge is -2.35. The monoisotopic (exact) mass is 788 g/mol. The molecule has 0 N–H and O–H groups in total. The van der Waals surface area contributed by atoms with Crippen LogP contribution >= 0.6 is 0 Å². The van der Waals surface area contributed by atoms with Gasteiger partial charge in [0.05, 0.1) is 20.1 Å². The number of benzene rings is 1. The Hall–Kier alpha value is -0.530. The van der Waals surface area contributed by atoms with Crippen molar-refractivity contribution in [1.82, 2.24) is 0 Å². The normalized spacial score (nSPS) is 12.6. The van der Waals surface area contributed by atoms with Crippen LogP contribution in [-0.4, -0.2) is 24.6 Å². The summed E-state index contributed by atoms with van der Waals surface area (Å²) >= 11 is 0. The van der Waals surface area contributed by atoms with Crippen LogP contribution in [0.1, 0.15) is 283 Å². The van der Waals surface area contributed by atoms with Gasteiger partial charge in [-0.15, -0.1) is 0 Å². The zero-order valence-corrected chi connectivity index (χ0v) is 39.1. The summed E-state index contributed by atoms with van der Waals surface area (Å²) in [5.41, 5.74) is 1.52. The summed E-state index contributed by atoms with van der Waals surface area (Å²) in [5.74, 6) is 0. The van der Waals surface area contributed by atoms with Crippen LogP contribution in [0, 0.1) is 0 Å². The highest BCUT2D eigenvalue weighted by atomic mass is 35.5. The molecule has 1 rings (SSSR count). The van der Waals surface area contributed by atoms with E-state index in [1.165, 1.54) is 293 Å². The molecule has 0 bridgehead atoms. The van der Waals surface area contributed by atoms with Crippen molar-refractivity contribution < 1.29 is 16.9 Å². The smallest absolute Gasteiger partial charge is 0.104 e. The predicted octanol–water partition coefficient (Wildman–Crippen LogP) is 15.7. The average molecular weight is 789 g/mol. The van der Waals surface area contributed by atoms with E-state index in [4.69, 9.17) is 0 Å². The number of quaternary nitrogens is 1. The number of halogens is 1. The molecule has 0 saturated carbocycles. The van der Waals surface area contributed by atoms with E-state index in [0.717, 1.165) is 0 Å². The summed E-state index contributed by atoms with van der Waals surface area (Å²) in [7, 11) is 2.55. The highest BCUT2D eigenvalue weighted by Crippen LogP contribution is 2.20. The Kier molecular flexibility index (Phi) is 44.1. The van der Waals surface area contributed by atoms with Crippen LogP contribution in [0.5, 0.6) is 0 Å². The van der Waals surface area contributed by atoms with Crippen molar-refractivity contribution in [2.45, 2.75) is 284 Å². The van der Waals surface area contributed by atoms with Gasteiger partial charge in [0.15, 0.2) is 0 Å². The molecule has 1 atom stereocenters. The molecule has 0 saturated heterocycles. The third kappa shape index (κ3) is 40.1. The van der Waals surface area contributed by atoms with E-state index in [1.807, 2.05) is 0 Å². The first-order chi connectivity index (χ1) is 26.7. The van der Waals surface area contributed by atoms with Crippen molar-refractivity contribution in [3.05, 3.63) is 35.9 Å². The van der Waals surface area contributed by atoms with Gasteiger partial charge in [0.1, 0.15) is 6.54 Å². The molecule has 0 aromatic heterocycles. The fourth-order valence-corrected chi connectivity index (χ4v) is 8.97. The van der Waals surface area contributed by atoms with E-state index in [1.54, 1.807) is 0 Å². The summed E-state index contributed by atoms with van der Waals surface area (Å²) < 4.78 is 1.24. The Morgan fingerprint density at radius 3 is 0.709 bits per heavy atom. The Balaban J connectivity index is 0.0000292. The summed E-state index contributed by atoms with van der Waals surface area (Å²) in [5, 5.41) is 0. The maximum Gasteiger partial charge on any atom is 0.104 e. The van der Waals surface area contributed by atoms with E-state index >= 15 is 0 Å². The van der Waals surface area contributed by atoms with E-state index in [0.29, 0.717) is 0 Å². The molecule has 1 nitrogen and oxygen atoms in total. The van der Waals surface area contributed by atoms with Crippen molar-refractivity contribution in [1.29, 1.82) is 0 Å². The van der Waals surface area contributed by atoms with Crippen LogP contribution in [0.15, 0.2) is 30.3 Å². The van der Waals surface area contributed by atoms with Crippen molar-refractivity contribution in [3.63, 3.8) is 0 Å². The first-order valence-electron chi connectivity index (χ1n) is 25.6. The fourth-order valence-electron chi connectivity index (χ4n) is 8.97. The standard InChI is InChI=1S/C53H102N.ClH/c1-4-6-8-10-12-14-16-18-20-22-24-26-28-30-32-34-36-38-40-42-47-51-54(3,52-53-48-44-43-45-49-53)50-46-41-39-37-35-33-31-29-27-25-23-21-19-17-15-13-11-9-7-5-2;/h43-45,48-49H,4-42,46-47,50-52H2,1-3H3;1H/q+1;/p-1. The SMILES string of the molecule is CCCCCCCCCCCCCCCCCCCCCCC[N+](C)(CCCCCCCCCCCCCCCCCCCCCC)Cc1ccccc1.[Cl-]. The molecule has 0 spiro atoms. The van der Waals surface area contributed by atoms with Crippen LogP contribution < -0.4 is 12.4 Å². The van der Waals surface area contributed by atoms with Crippen LogP contribution in [0.4, 0.5) is 0 Å². The van der Waals surface area contributed by atoms with Crippen LogP contribution in [0.3, 0.4) is 0 Å². The minimum Gasteiger partial charge on any atom is -1.00 e. The Morgan fingerprint density at radius 2 is 0.491 bits per heavy atom. The molecule has 0 aliphatic carbocycles. The first kappa shape index (κ1) is 54.5. The number of rotatable bonds is 45. The van der Waals surface area contributed by atoms with E-state index < -0.39 is 0 Å². The second kappa shape index (κ2) is 44.6. The first-order valence-corrected chi connectivity index (χ1v) is 25.6. The highest BCUT2D eigenvalue weighted by Gasteiger charge is 2.21. The molecule has 0 amide bonds. The highest BCUT2D eigenvalue weighted by molar-refractivity contribution is 5.13. The zero-order valence-electron chi connectivity index (χ0n) is 38.3. The van der Waals surface area contributed by atoms with Crippen molar-refractivity contribution in [3.8, 4) is 0 Å². The molecular weight excluding hydrogens is 686 g/mol. The number of nitrogens with zero attached hydrogens (tertiary/aromatic N) is 1. The quantitative estimate of drug-likeness (QED) is 0.0456. The maximum absolute atomic E-state index is 2.55. The van der Waals surface area contributed by atoms with E-state index in [2.05, 4.69) is 51.2 Å². The lowest BCUT2D eigenvalue weighted by Crippen LogP contribution is -3.00. The Morgan fingerprint density at radius 1 is 0.291 bits per heavy atom. The predicted molar refractivity (Wildman–Crippen MR) is 247 cm³/mol. The lowest BCUT2D eigenvalue weighted by atomic mass is 10.0. The van der Waals surface area contributed by atoms with Gasteiger partial charge in [0.25, 0.3) is 0 Å². The largest absolute Gasteiger partial charge is 1.00 e. The summed E-state index contributed by atoms with van der Waals surface area (Å²) in [6.45, 7) is 8.54. The van der Waals surface area contributed by atoms with Crippen molar-refractivity contribution in [2.75, 3.05) is 20.1 Å². The van der Waals surface area contributed by atoms with Crippen LogP contribution in [0.25, 0.3) is 0 Å². The van der Waals surface area contributed by atoms with E-state index in [-0.39, 0.29) is 12.4 Å². The van der Waals surface area contributed by atoms with Gasteiger partial charge >= 0.3 is 0 Å². The number of hydrogen-bond donors (Lipinski definition) is 0. The third-order valence-electron chi connectivity index (χ3n) is 12.8. The van der Waals surface area contributed by atoms with Gasteiger partial charge in [-0.1, -0.05) is 282 Å². The van der Waals surface area contributed by atoms with Gasteiger partial charge in [-0.3, -0.25) is 0 Å². The average Bonchev–Trinajstić information content (AvgIpc) is 3.18. The minimum atomic E-state index is 0. The van der Waals surface area contributed by atoms with Gasteiger partial charge < -0.3 is 16.9 Å². The van der Waals surface area contributed by atoms with Gasteiger partial charge in [0, 0.05) is 5.56 Å². The number of hydrogen-bond acceptors (Lipinski definition) is 0. The van der Waals surface area contributed by atoms with Crippen molar-refractivity contribution in [2.24, 2.45) is 0 Å². The molecule has 2 heteroatoms. The molecular formula is C53H102ClN. The van der Waals surface area contributed by atoms with Crippen LogP contribution in [0.2, 0.25) is 0 Å². The summed E-state index contributed by atoms with van der Waals surface area (Å²) in [4.78, 5) is 0. The van der Waals surface area contributed by atoms with E-state index in [9.17, 15) is 0 Å². The second-order valence-corrected chi connectivity index (χ2v) is 18.5. The van der Waals surface area contributed by atoms with Gasteiger partial charge in [-0.25, -0.2) is 0 Å². The zero-order chi connectivity index (χ0) is 38.7. The fraction of sp³-hybridized carbons (Fsp3) is 0.887. The number of unbranched alkanes of at least 4 members (excludes halogenated alkanes) is 39. The molecule has 0 radical (unpaired) electrons. The van der Waals surface area contributed by atoms with Gasteiger partial charge in [-0.2, -0.15) is 0 Å². The third-order valence-corrected chi connectivity index (χ3v) is 12.8. The second-order valence-electron chi connectivity index (χ2n) is 18.5. The molecule has 0 aliphatic heterocycles. The summed E-state index contributed by atoms with van der Waals surface area (Å²) in [6, 6.07) is 11.3. The van der Waals surface area contributed by atoms with Gasteiger partial charge in [0.2, 0.25) is 0 Å². The Bertz CT molecular complexity index is 825. The van der Waals surface area contributed by atoms with Gasteiger partial charge in [-0.05, 0) is 25.7 Å². The molecule has 1 aromatic carbocycles. The minimum absolute atomic E-state index is 0. The molecule has 0 heterocycles. The van der Waals surface area contributed by atoms with Crippen LogP contribution in [-0.2, 0) is 6.54 Å². The molecule has 326 valence electrons. The summed E-state index contributed by atoms with van der Waals surface area (Å²) in [6.07, 6.45) is 60.0. The molecule has 0 aliphatic rings. The van der Waals surface area contributed by atoms with Crippen molar-refractivity contribution >= 4 is 0 Å². The molecule has 0 fully saturated rings. The topological polar surface area (TPSA) is 0 Å². The molecule has 55 heavy (non-hydrogen) atoms.